The van der Waals surface area contributed by atoms with Crippen molar-refractivity contribution in [1.29, 1.82) is 0 Å². The van der Waals surface area contributed by atoms with Crippen LogP contribution in [0.25, 0.3) is 10.9 Å². The van der Waals surface area contributed by atoms with Crippen LogP contribution in [0.4, 0.5) is 0 Å². The van der Waals surface area contributed by atoms with Gasteiger partial charge in [0.2, 0.25) is 0 Å². The summed E-state index contributed by atoms with van der Waals surface area (Å²) in [6.07, 6.45) is 5.28. The summed E-state index contributed by atoms with van der Waals surface area (Å²) in [7, 11) is 0. The maximum absolute atomic E-state index is 6.29. The van der Waals surface area contributed by atoms with Gasteiger partial charge in [0.15, 0.2) is 0 Å². The number of hydrogen-bond donors (Lipinski definition) is 1. The van der Waals surface area contributed by atoms with Gasteiger partial charge in [-0.15, -0.1) is 0 Å². The molecule has 0 atom stereocenters. The minimum Gasteiger partial charge on any atom is -0.321 e. The van der Waals surface area contributed by atoms with Crippen LogP contribution < -0.4 is 5.73 Å². The largest absolute Gasteiger partial charge is 0.321 e. The van der Waals surface area contributed by atoms with Crippen molar-refractivity contribution in [2.45, 2.75) is 24.8 Å². The van der Waals surface area contributed by atoms with Crippen LogP contribution in [0.5, 0.6) is 0 Å². The van der Waals surface area contributed by atoms with Gasteiger partial charge in [-0.3, -0.25) is 4.98 Å². The SMILES string of the molecule is NC1(c2ccc3cccnc3c2)CCC1. The second-order valence-corrected chi connectivity index (χ2v) is 4.42. The molecule has 0 bridgehead atoms. The Morgan fingerprint density at radius 3 is 2.80 bits per heavy atom. The average Bonchev–Trinajstić information content (AvgIpc) is 2.25. The van der Waals surface area contributed by atoms with E-state index in [0.29, 0.717) is 0 Å². The Labute approximate surface area is 89.1 Å². The smallest absolute Gasteiger partial charge is 0.0705 e. The van der Waals surface area contributed by atoms with Crippen molar-refractivity contribution in [3.8, 4) is 0 Å². The van der Waals surface area contributed by atoms with Crippen molar-refractivity contribution in [2.24, 2.45) is 5.73 Å². The van der Waals surface area contributed by atoms with Crippen molar-refractivity contribution < 1.29 is 0 Å². The summed E-state index contributed by atoms with van der Waals surface area (Å²) >= 11 is 0. The second-order valence-electron chi connectivity index (χ2n) is 4.42. The standard InChI is InChI=1S/C13H14N2/c14-13(6-2-7-13)11-5-4-10-3-1-8-15-12(10)9-11/h1,3-5,8-9H,2,6-7,14H2. The maximum atomic E-state index is 6.29. The number of nitrogens with two attached hydrogens (primary N) is 1. The summed E-state index contributed by atoms with van der Waals surface area (Å²) in [5, 5.41) is 1.18. The van der Waals surface area contributed by atoms with Gasteiger partial charge in [-0.1, -0.05) is 18.2 Å². The fraction of sp³-hybridized carbons (Fsp3) is 0.308. The Kier molecular flexibility index (Phi) is 1.80. The molecule has 1 aromatic heterocycles. The molecule has 2 N–H and O–H groups in total. The lowest BCUT2D eigenvalue weighted by Gasteiger charge is -2.38. The molecule has 0 radical (unpaired) electrons. The van der Waals surface area contributed by atoms with Crippen LogP contribution in [0.15, 0.2) is 36.5 Å². The van der Waals surface area contributed by atoms with E-state index in [9.17, 15) is 0 Å². The first-order chi connectivity index (χ1) is 7.28. The minimum atomic E-state index is -0.0777. The van der Waals surface area contributed by atoms with Crippen LogP contribution in [0, 0.1) is 0 Å². The van der Waals surface area contributed by atoms with E-state index in [4.69, 9.17) is 5.73 Å². The van der Waals surface area contributed by atoms with Crippen LogP contribution in [0.3, 0.4) is 0 Å². The second kappa shape index (κ2) is 3.04. The average molecular weight is 198 g/mol. The lowest BCUT2D eigenvalue weighted by Crippen LogP contribution is -2.43. The molecule has 0 aliphatic heterocycles. The van der Waals surface area contributed by atoms with Gasteiger partial charge in [0, 0.05) is 17.1 Å². The molecule has 1 aromatic carbocycles. The van der Waals surface area contributed by atoms with E-state index >= 15 is 0 Å². The molecule has 1 fully saturated rings. The fourth-order valence-electron chi connectivity index (χ4n) is 2.22. The highest BCUT2D eigenvalue weighted by molar-refractivity contribution is 5.79. The number of aromatic nitrogens is 1. The van der Waals surface area contributed by atoms with Crippen LogP contribution >= 0.6 is 0 Å². The Balaban J connectivity index is 2.14. The van der Waals surface area contributed by atoms with Crippen molar-refractivity contribution in [3.63, 3.8) is 0 Å². The molecule has 0 spiro atoms. The molecule has 2 heteroatoms. The number of fused-ring (bicyclic) bond motifs is 1. The number of benzene rings is 1. The summed E-state index contributed by atoms with van der Waals surface area (Å²) in [4.78, 5) is 4.36. The zero-order valence-electron chi connectivity index (χ0n) is 8.61. The molecule has 1 heterocycles. The Morgan fingerprint density at radius 1 is 1.20 bits per heavy atom. The van der Waals surface area contributed by atoms with E-state index in [1.807, 2.05) is 12.3 Å². The van der Waals surface area contributed by atoms with Gasteiger partial charge in [-0.05, 0) is 37.0 Å². The molecular weight excluding hydrogens is 184 g/mol. The number of hydrogen-bond acceptors (Lipinski definition) is 2. The van der Waals surface area contributed by atoms with Crippen molar-refractivity contribution in [3.05, 3.63) is 42.1 Å². The van der Waals surface area contributed by atoms with E-state index in [-0.39, 0.29) is 5.54 Å². The lowest BCUT2D eigenvalue weighted by molar-refractivity contribution is 0.254. The van der Waals surface area contributed by atoms with Gasteiger partial charge in [-0.25, -0.2) is 0 Å². The number of pyridine rings is 1. The minimum absolute atomic E-state index is 0.0777. The van der Waals surface area contributed by atoms with Gasteiger partial charge in [0.25, 0.3) is 0 Å². The fourth-order valence-corrected chi connectivity index (χ4v) is 2.22. The van der Waals surface area contributed by atoms with Crippen LogP contribution in [0.2, 0.25) is 0 Å². The van der Waals surface area contributed by atoms with E-state index in [1.165, 1.54) is 17.4 Å². The van der Waals surface area contributed by atoms with Crippen LogP contribution in [-0.2, 0) is 5.54 Å². The first-order valence-electron chi connectivity index (χ1n) is 5.42. The van der Waals surface area contributed by atoms with Crippen molar-refractivity contribution in [1.82, 2.24) is 4.98 Å². The highest BCUT2D eigenvalue weighted by atomic mass is 14.8. The molecule has 2 aromatic rings. The van der Waals surface area contributed by atoms with Crippen molar-refractivity contribution >= 4 is 10.9 Å². The maximum Gasteiger partial charge on any atom is 0.0705 e. The van der Waals surface area contributed by atoms with Crippen molar-refractivity contribution in [2.75, 3.05) is 0 Å². The van der Waals surface area contributed by atoms with E-state index < -0.39 is 0 Å². The Morgan fingerprint density at radius 2 is 2.07 bits per heavy atom. The molecule has 0 saturated heterocycles. The molecule has 1 aliphatic rings. The van der Waals surface area contributed by atoms with E-state index in [0.717, 1.165) is 18.4 Å². The van der Waals surface area contributed by atoms with Gasteiger partial charge in [0.05, 0.1) is 5.52 Å². The molecule has 3 rings (SSSR count). The van der Waals surface area contributed by atoms with Crippen LogP contribution in [-0.4, -0.2) is 4.98 Å². The zero-order valence-corrected chi connectivity index (χ0v) is 8.61. The summed E-state index contributed by atoms with van der Waals surface area (Å²) in [5.74, 6) is 0. The van der Waals surface area contributed by atoms with Gasteiger partial charge < -0.3 is 5.73 Å². The zero-order chi connectivity index (χ0) is 10.3. The summed E-state index contributed by atoms with van der Waals surface area (Å²) in [6, 6.07) is 10.4. The Bertz CT molecular complexity index is 501. The third-order valence-corrected chi connectivity index (χ3v) is 3.43. The topological polar surface area (TPSA) is 38.9 Å². The molecule has 15 heavy (non-hydrogen) atoms. The van der Waals surface area contributed by atoms with Gasteiger partial charge >= 0.3 is 0 Å². The molecule has 2 nitrogen and oxygen atoms in total. The van der Waals surface area contributed by atoms with E-state index in [1.54, 1.807) is 0 Å². The molecule has 76 valence electrons. The lowest BCUT2D eigenvalue weighted by atomic mass is 9.72. The van der Waals surface area contributed by atoms with Gasteiger partial charge in [-0.2, -0.15) is 0 Å². The molecule has 1 aliphatic carbocycles. The predicted octanol–water partition coefficient (Wildman–Crippen LogP) is 2.57. The summed E-state index contributed by atoms with van der Waals surface area (Å²) in [6.45, 7) is 0. The molecule has 0 amide bonds. The predicted molar refractivity (Wildman–Crippen MR) is 61.5 cm³/mol. The monoisotopic (exact) mass is 198 g/mol. The number of rotatable bonds is 1. The highest BCUT2D eigenvalue weighted by Gasteiger charge is 2.34. The summed E-state index contributed by atoms with van der Waals surface area (Å²) in [5.41, 5.74) is 8.49. The van der Waals surface area contributed by atoms with Gasteiger partial charge in [0.1, 0.15) is 0 Å². The molecular formula is C13H14N2. The molecule has 0 unspecified atom stereocenters. The Hall–Kier alpha value is -1.41. The number of nitrogens with zero attached hydrogens (tertiary/aromatic N) is 1. The normalized spacial score (nSPS) is 18.7. The quantitative estimate of drug-likeness (QED) is 0.764. The summed E-state index contributed by atoms with van der Waals surface area (Å²) < 4.78 is 0. The first kappa shape index (κ1) is 8.86. The van der Waals surface area contributed by atoms with E-state index in [2.05, 4.69) is 29.2 Å². The first-order valence-corrected chi connectivity index (χ1v) is 5.42. The highest BCUT2D eigenvalue weighted by Crippen LogP contribution is 2.39. The van der Waals surface area contributed by atoms with Crippen LogP contribution in [0.1, 0.15) is 24.8 Å². The molecule has 1 saturated carbocycles. The third kappa shape index (κ3) is 1.33. The third-order valence-electron chi connectivity index (χ3n) is 3.43.